The highest BCUT2D eigenvalue weighted by Crippen LogP contribution is 2.18. The second-order valence-corrected chi connectivity index (χ2v) is 8.51. The Kier molecular flexibility index (Phi) is 7.85. The van der Waals surface area contributed by atoms with Crippen LogP contribution in [0.25, 0.3) is 11.4 Å². The van der Waals surface area contributed by atoms with E-state index < -0.39 is 0 Å². The summed E-state index contributed by atoms with van der Waals surface area (Å²) in [6.07, 6.45) is 4.25. The van der Waals surface area contributed by atoms with Gasteiger partial charge in [-0.25, -0.2) is 0 Å². The van der Waals surface area contributed by atoms with Crippen LogP contribution in [0.5, 0.6) is 0 Å². The molecule has 0 unspecified atom stereocenters. The second-order valence-electron chi connectivity index (χ2n) is 8.10. The summed E-state index contributed by atoms with van der Waals surface area (Å²) in [5.41, 5.74) is 1.58. The number of carbonyl (C=O) groups is 1. The number of aryl methyl sites for hydroxylation is 1. The summed E-state index contributed by atoms with van der Waals surface area (Å²) >= 11 is 6.21. The van der Waals surface area contributed by atoms with Gasteiger partial charge in [0.25, 0.3) is 5.91 Å². The molecular formula is C24H29ClN6O. The minimum Gasteiger partial charge on any atom is -0.337 e. The van der Waals surface area contributed by atoms with E-state index in [0.29, 0.717) is 16.4 Å². The summed E-state index contributed by atoms with van der Waals surface area (Å²) < 4.78 is 0. The maximum absolute atomic E-state index is 12.8. The Morgan fingerprint density at radius 2 is 1.66 bits per heavy atom. The molecule has 32 heavy (non-hydrogen) atoms. The third-order valence-electron chi connectivity index (χ3n) is 5.80. The Balaban J connectivity index is 1.16. The Labute approximate surface area is 194 Å². The molecule has 7 nitrogen and oxygen atoms in total. The van der Waals surface area contributed by atoms with Gasteiger partial charge in [-0.1, -0.05) is 60.5 Å². The molecule has 0 radical (unpaired) electrons. The highest BCUT2D eigenvalue weighted by atomic mass is 35.5. The maximum atomic E-state index is 12.8. The molecule has 0 atom stereocenters. The van der Waals surface area contributed by atoms with Crippen molar-refractivity contribution < 1.29 is 4.79 Å². The van der Waals surface area contributed by atoms with Gasteiger partial charge >= 0.3 is 0 Å². The van der Waals surface area contributed by atoms with E-state index in [1.807, 2.05) is 47.4 Å². The first-order chi connectivity index (χ1) is 15.7. The molecule has 0 N–H and O–H groups in total. The largest absolute Gasteiger partial charge is 0.337 e. The van der Waals surface area contributed by atoms with E-state index in [-0.39, 0.29) is 5.91 Å². The molecule has 0 bridgehead atoms. The molecule has 1 aliphatic heterocycles. The quantitative estimate of drug-likeness (QED) is 0.483. The maximum Gasteiger partial charge on any atom is 0.255 e. The predicted molar refractivity (Wildman–Crippen MR) is 126 cm³/mol. The Morgan fingerprint density at radius 3 is 2.50 bits per heavy atom. The van der Waals surface area contributed by atoms with Gasteiger partial charge in [0.2, 0.25) is 5.82 Å². The van der Waals surface area contributed by atoms with Gasteiger partial charge in [-0.05, 0) is 49.7 Å². The van der Waals surface area contributed by atoms with Crippen molar-refractivity contribution in [3.05, 3.63) is 65.2 Å². The van der Waals surface area contributed by atoms with Crippen LogP contribution in [0.4, 0.5) is 0 Å². The van der Waals surface area contributed by atoms with Crippen molar-refractivity contribution >= 4 is 17.5 Å². The lowest BCUT2D eigenvalue weighted by Gasteiger charge is -2.22. The normalized spacial score (nSPS) is 15.0. The standard InChI is InChI=1S/C24H29ClN6O/c25-22-13-6-5-12-21(22)24(32)30-16-9-15-29(18-19-30)14-7-2-8-17-31-27-23(26-28-31)20-10-3-1-4-11-20/h1,3-6,10-13H,2,7-9,14-19H2. The third-order valence-corrected chi connectivity index (χ3v) is 6.13. The van der Waals surface area contributed by atoms with E-state index in [9.17, 15) is 4.79 Å². The first-order valence-corrected chi connectivity index (χ1v) is 11.7. The minimum absolute atomic E-state index is 0.0349. The van der Waals surface area contributed by atoms with Crippen LogP contribution in [-0.2, 0) is 6.54 Å². The second kappa shape index (κ2) is 11.2. The zero-order valence-electron chi connectivity index (χ0n) is 18.2. The zero-order chi connectivity index (χ0) is 22.2. The number of hydrogen-bond acceptors (Lipinski definition) is 5. The third kappa shape index (κ3) is 5.93. The highest BCUT2D eigenvalue weighted by Gasteiger charge is 2.21. The smallest absolute Gasteiger partial charge is 0.255 e. The van der Waals surface area contributed by atoms with Gasteiger partial charge in [-0.15, -0.1) is 10.2 Å². The Hall–Kier alpha value is -2.77. The summed E-state index contributed by atoms with van der Waals surface area (Å²) in [5.74, 6) is 0.707. The molecular weight excluding hydrogens is 424 g/mol. The van der Waals surface area contributed by atoms with Crippen molar-refractivity contribution in [2.24, 2.45) is 0 Å². The Bertz CT molecular complexity index is 1010. The fourth-order valence-electron chi connectivity index (χ4n) is 4.01. The van der Waals surface area contributed by atoms with Gasteiger partial charge in [0.1, 0.15) is 0 Å². The fourth-order valence-corrected chi connectivity index (χ4v) is 4.23. The van der Waals surface area contributed by atoms with Gasteiger partial charge in [0.05, 0.1) is 17.1 Å². The van der Waals surface area contributed by atoms with E-state index in [2.05, 4.69) is 20.3 Å². The summed E-state index contributed by atoms with van der Waals surface area (Å²) in [4.78, 5) is 18.9. The molecule has 4 rings (SSSR count). The average Bonchev–Trinajstić information content (AvgIpc) is 3.17. The number of unbranched alkanes of at least 4 members (excludes halogenated alkanes) is 2. The van der Waals surface area contributed by atoms with E-state index in [1.54, 1.807) is 16.9 Å². The molecule has 1 fully saturated rings. The molecule has 168 valence electrons. The van der Waals surface area contributed by atoms with Crippen molar-refractivity contribution in [1.29, 1.82) is 0 Å². The van der Waals surface area contributed by atoms with Crippen LogP contribution < -0.4 is 0 Å². The van der Waals surface area contributed by atoms with Gasteiger partial charge in [-0.3, -0.25) is 4.79 Å². The molecule has 1 amide bonds. The van der Waals surface area contributed by atoms with Crippen LogP contribution in [0.2, 0.25) is 5.02 Å². The molecule has 1 saturated heterocycles. The summed E-state index contributed by atoms with van der Waals surface area (Å²) in [7, 11) is 0. The first kappa shape index (κ1) is 22.4. The van der Waals surface area contributed by atoms with Crippen LogP contribution in [-0.4, -0.2) is 68.6 Å². The van der Waals surface area contributed by atoms with Crippen LogP contribution in [0, 0.1) is 0 Å². The van der Waals surface area contributed by atoms with Crippen LogP contribution in [0.3, 0.4) is 0 Å². The summed E-state index contributed by atoms with van der Waals surface area (Å²) in [6, 6.07) is 17.2. The van der Waals surface area contributed by atoms with E-state index in [0.717, 1.165) is 70.5 Å². The average molecular weight is 453 g/mol. The van der Waals surface area contributed by atoms with E-state index >= 15 is 0 Å². The number of benzene rings is 2. The lowest BCUT2D eigenvalue weighted by Crippen LogP contribution is -2.35. The van der Waals surface area contributed by atoms with Gasteiger partial charge in [0.15, 0.2) is 0 Å². The molecule has 8 heteroatoms. The van der Waals surface area contributed by atoms with E-state index in [4.69, 9.17) is 11.6 Å². The minimum atomic E-state index is 0.0349. The molecule has 0 saturated carbocycles. The predicted octanol–water partition coefficient (Wildman–Crippen LogP) is 4.01. The topological polar surface area (TPSA) is 67.2 Å². The van der Waals surface area contributed by atoms with Crippen LogP contribution >= 0.6 is 11.6 Å². The number of tetrazole rings is 1. The number of carbonyl (C=O) groups excluding carboxylic acids is 1. The van der Waals surface area contributed by atoms with Gasteiger partial charge in [-0.2, -0.15) is 4.80 Å². The van der Waals surface area contributed by atoms with Crippen molar-refractivity contribution in [2.45, 2.75) is 32.2 Å². The monoisotopic (exact) mass is 452 g/mol. The zero-order valence-corrected chi connectivity index (χ0v) is 19.0. The van der Waals surface area contributed by atoms with Gasteiger partial charge < -0.3 is 9.80 Å². The molecule has 1 aromatic heterocycles. The number of aromatic nitrogens is 4. The SMILES string of the molecule is O=C(c1ccccc1Cl)N1CCCN(CCCCCn2nnc(-c3ccccc3)n2)CC1. The molecule has 3 aromatic rings. The number of rotatable bonds is 8. The van der Waals surface area contributed by atoms with Crippen molar-refractivity contribution in [3.63, 3.8) is 0 Å². The molecule has 2 heterocycles. The Morgan fingerprint density at radius 1 is 0.875 bits per heavy atom. The van der Waals surface area contributed by atoms with Crippen molar-refractivity contribution in [3.8, 4) is 11.4 Å². The summed E-state index contributed by atoms with van der Waals surface area (Å²) in [5, 5.41) is 13.3. The van der Waals surface area contributed by atoms with Crippen molar-refractivity contribution in [1.82, 2.24) is 30.0 Å². The molecule has 1 aliphatic rings. The van der Waals surface area contributed by atoms with Crippen molar-refractivity contribution in [2.75, 3.05) is 32.7 Å². The summed E-state index contributed by atoms with van der Waals surface area (Å²) in [6.45, 7) is 5.28. The molecule has 0 spiro atoms. The molecule has 0 aliphatic carbocycles. The van der Waals surface area contributed by atoms with E-state index in [1.165, 1.54) is 0 Å². The lowest BCUT2D eigenvalue weighted by atomic mass is 10.2. The van der Waals surface area contributed by atoms with Crippen LogP contribution in [0.15, 0.2) is 54.6 Å². The number of halogens is 1. The fraction of sp³-hybridized carbons (Fsp3) is 0.417. The number of nitrogens with zero attached hydrogens (tertiary/aromatic N) is 6. The number of hydrogen-bond donors (Lipinski definition) is 0. The molecule has 2 aromatic carbocycles. The highest BCUT2D eigenvalue weighted by molar-refractivity contribution is 6.33. The van der Waals surface area contributed by atoms with Gasteiger partial charge in [0, 0.05) is 25.2 Å². The first-order valence-electron chi connectivity index (χ1n) is 11.3. The lowest BCUT2D eigenvalue weighted by molar-refractivity contribution is 0.0761. The van der Waals surface area contributed by atoms with Crippen LogP contribution in [0.1, 0.15) is 36.0 Å². The number of amides is 1.